The first-order valence-electron chi connectivity index (χ1n) is 11.4. The lowest BCUT2D eigenvalue weighted by Crippen LogP contribution is -2.22. The number of ether oxygens (including phenoxy) is 2. The SMILES string of the molecule is CC(C)(C)c1ccc(OCC(=O)Nc2cccc(OCc3ccccc3)c2)c(C(C)(C)C)c1. The van der Waals surface area contributed by atoms with Gasteiger partial charge in [0.15, 0.2) is 6.61 Å². The molecule has 3 rings (SSSR count). The van der Waals surface area contributed by atoms with Crippen molar-refractivity contribution >= 4 is 11.6 Å². The molecule has 3 aromatic rings. The number of rotatable bonds is 7. The molecule has 174 valence electrons. The Labute approximate surface area is 197 Å². The molecule has 0 spiro atoms. The predicted octanol–water partition coefficient (Wildman–Crippen LogP) is 6.88. The van der Waals surface area contributed by atoms with Crippen LogP contribution in [-0.4, -0.2) is 12.5 Å². The number of carbonyl (C=O) groups excluding carboxylic acids is 1. The second-order valence-corrected chi connectivity index (χ2v) is 10.3. The molecule has 0 aliphatic rings. The van der Waals surface area contributed by atoms with Gasteiger partial charge in [-0.1, -0.05) is 90.1 Å². The minimum atomic E-state index is -0.213. The lowest BCUT2D eigenvalue weighted by Gasteiger charge is -2.27. The summed E-state index contributed by atoms with van der Waals surface area (Å²) in [5.74, 6) is 1.23. The van der Waals surface area contributed by atoms with Crippen molar-refractivity contribution in [2.45, 2.75) is 59.0 Å². The summed E-state index contributed by atoms with van der Waals surface area (Å²) in [6, 6.07) is 23.6. The van der Waals surface area contributed by atoms with Gasteiger partial charge in [0.25, 0.3) is 5.91 Å². The second kappa shape index (κ2) is 10.1. The Hall–Kier alpha value is -3.27. The fraction of sp³-hybridized carbons (Fsp3) is 0.345. The number of anilines is 1. The molecule has 4 nitrogen and oxygen atoms in total. The summed E-state index contributed by atoms with van der Waals surface area (Å²) in [7, 11) is 0. The van der Waals surface area contributed by atoms with Crippen molar-refractivity contribution in [3.8, 4) is 11.5 Å². The van der Waals surface area contributed by atoms with E-state index in [9.17, 15) is 4.79 Å². The highest BCUT2D eigenvalue weighted by atomic mass is 16.5. The molecular weight excluding hydrogens is 410 g/mol. The van der Waals surface area contributed by atoms with Crippen LogP contribution in [0, 0.1) is 0 Å². The molecule has 0 saturated heterocycles. The number of hydrogen-bond donors (Lipinski definition) is 1. The molecule has 0 unspecified atom stereocenters. The largest absolute Gasteiger partial charge is 0.489 e. The molecule has 1 N–H and O–H groups in total. The minimum Gasteiger partial charge on any atom is -0.489 e. The lowest BCUT2D eigenvalue weighted by molar-refractivity contribution is -0.118. The molecule has 3 aromatic carbocycles. The summed E-state index contributed by atoms with van der Waals surface area (Å²) in [5.41, 5.74) is 4.05. The Kier molecular flexibility index (Phi) is 7.47. The van der Waals surface area contributed by atoms with Crippen molar-refractivity contribution in [3.63, 3.8) is 0 Å². The van der Waals surface area contributed by atoms with E-state index in [0.29, 0.717) is 18.0 Å². The Morgan fingerprint density at radius 2 is 1.52 bits per heavy atom. The average Bonchev–Trinajstić information content (AvgIpc) is 2.76. The first-order chi connectivity index (χ1) is 15.5. The summed E-state index contributed by atoms with van der Waals surface area (Å²) in [6.45, 7) is 13.5. The van der Waals surface area contributed by atoms with Crippen LogP contribution in [0.15, 0.2) is 72.8 Å². The van der Waals surface area contributed by atoms with Gasteiger partial charge in [0.1, 0.15) is 18.1 Å². The maximum Gasteiger partial charge on any atom is 0.262 e. The summed E-state index contributed by atoms with van der Waals surface area (Å²) >= 11 is 0. The lowest BCUT2D eigenvalue weighted by atomic mass is 9.80. The van der Waals surface area contributed by atoms with Crippen molar-refractivity contribution in [3.05, 3.63) is 89.5 Å². The zero-order chi connectivity index (χ0) is 24.1. The monoisotopic (exact) mass is 445 g/mol. The smallest absolute Gasteiger partial charge is 0.262 e. The first-order valence-corrected chi connectivity index (χ1v) is 11.4. The molecule has 1 amide bonds. The van der Waals surface area contributed by atoms with Crippen molar-refractivity contribution in [1.29, 1.82) is 0 Å². The Balaban J connectivity index is 1.62. The summed E-state index contributed by atoms with van der Waals surface area (Å²) in [6.07, 6.45) is 0. The van der Waals surface area contributed by atoms with Gasteiger partial charge in [0.2, 0.25) is 0 Å². The highest BCUT2D eigenvalue weighted by molar-refractivity contribution is 5.92. The van der Waals surface area contributed by atoms with Gasteiger partial charge in [-0.2, -0.15) is 0 Å². The van der Waals surface area contributed by atoms with Crippen molar-refractivity contribution < 1.29 is 14.3 Å². The van der Waals surface area contributed by atoms with Gasteiger partial charge in [-0.15, -0.1) is 0 Å². The third-order valence-corrected chi connectivity index (χ3v) is 5.38. The van der Waals surface area contributed by atoms with Crippen LogP contribution in [0.25, 0.3) is 0 Å². The van der Waals surface area contributed by atoms with Gasteiger partial charge < -0.3 is 14.8 Å². The number of carbonyl (C=O) groups is 1. The Morgan fingerprint density at radius 1 is 0.788 bits per heavy atom. The van der Waals surface area contributed by atoms with E-state index in [-0.39, 0.29) is 23.3 Å². The minimum absolute atomic E-state index is 0.0451. The van der Waals surface area contributed by atoms with Crippen LogP contribution in [0.2, 0.25) is 0 Å². The number of benzene rings is 3. The molecule has 0 bridgehead atoms. The van der Waals surface area contributed by atoms with E-state index in [2.05, 4.69) is 59.0 Å². The molecule has 0 heterocycles. The van der Waals surface area contributed by atoms with Gasteiger partial charge in [0.05, 0.1) is 0 Å². The zero-order valence-corrected chi connectivity index (χ0v) is 20.6. The van der Waals surface area contributed by atoms with Gasteiger partial charge in [-0.3, -0.25) is 4.79 Å². The van der Waals surface area contributed by atoms with E-state index >= 15 is 0 Å². The van der Waals surface area contributed by atoms with E-state index in [1.165, 1.54) is 5.56 Å². The standard InChI is InChI=1S/C29H35NO3/c1-28(2,3)22-15-16-26(25(17-22)29(4,5)6)33-20-27(31)30-23-13-10-14-24(18-23)32-19-21-11-8-7-9-12-21/h7-18H,19-20H2,1-6H3,(H,30,31). The van der Waals surface area contributed by atoms with E-state index < -0.39 is 0 Å². The fourth-order valence-electron chi connectivity index (χ4n) is 3.45. The van der Waals surface area contributed by atoms with Crippen molar-refractivity contribution in [2.24, 2.45) is 0 Å². The molecule has 4 heteroatoms. The topological polar surface area (TPSA) is 47.6 Å². The summed E-state index contributed by atoms with van der Waals surface area (Å²) in [5, 5.41) is 2.90. The molecule has 33 heavy (non-hydrogen) atoms. The predicted molar refractivity (Wildman–Crippen MR) is 135 cm³/mol. The fourth-order valence-corrected chi connectivity index (χ4v) is 3.45. The van der Waals surface area contributed by atoms with Crippen LogP contribution in [0.3, 0.4) is 0 Å². The molecule has 0 aliphatic carbocycles. The van der Waals surface area contributed by atoms with Gasteiger partial charge in [0, 0.05) is 11.8 Å². The highest BCUT2D eigenvalue weighted by Crippen LogP contribution is 2.35. The highest BCUT2D eigenvalue weighted by Gasteiger charge is 2.23. The third-order valence-electron chi connectivity index (χ3n) is 5.38. The Bertz CT molecular complexity index is 1080. The summed E-state index contributed by atoms with van der Waals surface area (Å²) < 4.78 is 11.8. The average molecular weight is 446 g/mol. The molecule has 0 fully saturated rings. The zero-order valence-electron chi connectivity index (χ0n) is 20.6. The normalized spacial score (nSPS) is 11.7. The van der Waals surface area contributed by atoms with Crippen LogP contribution in [0.5, 0.6) is 11.5 Å². The molecule has 0 radical (unpaired) electrons. The van der Waals surface area contributed by atoms with E-state index in [1.54, 1.807) is 0 Å². The van der Waals surface area contributed by atoms with Gasteiger partial charge in [-0.05, 0) is 45.7 Å². The van der Waals surface area contributed by atoms with Crippen LogP contribution < -0.4 is 14.8 Å². The molecule has 0 aliphatic heterocycles. The van der Waals surface area contributed by atoms with Crippen molar-refractivity contribution in [1.82, 2.24) is 0 Å². The third kappa shape index (κ3) is 7.11. The molecular formula is C29H35NO3. The van der Waals surface area contributed by atoms with E-state index in [0.717, 1.165) is 16.9 Å². The van der Waals surface area contributed by atoms with Crippen LogP contribution in [0.4, 0.5) is 5.69 Å². The van der Waals surface area contributed by atoms with Crippen LogP contribution >= 0.6 is 0 Å². The van der Waals surface area contributed by atoms with Gasteiger partial charge >= 0.3 is 0 Å². The van der Waals surface area contributed by atoms with Crippen molar-refractivity contribution in [2.75, 3.05) is 11.9 Å². The van der Waals surface area contributed by atoms with Crippen LogP contribution in [0.1, 0.15) is 58.2 Å². The second-order valence-electron chi connectivity index (χ2n) is 10.3. The number of amides is 1. The maximum atomic E-state index is 12.6. The van der Waals surface area contributed by atoms with Crippen LogP contribution in [-0.2, 0) is 22.2 Å². The Morgan fingerprint density at radius 3 is 2.18 bits per heavy atom. The first kappa shape index (κ1) is 24.4. The molecule has 0 aromatic heterocycles. The molecule has 0 saturated carbocycles. The maximum absolute atomic E-state index is 12.6. The van der Waals surface area contributed by atoms with E-state index in [1.807, 2.05) is 60.7 Å². The van der Waals surface area contributed by atoms with E-state index in [4.69, 9.17) is 9.47 Å². The number of hydrogen-bond acceptors (Lipinski definition) is 3. The van der Waals surface area contributed by atoms with Gasteiger partial charge in [-0.25, -0.2) is 0 Å². The number of nitrogens with one attached hydrogen (secondary N) is 1. The quantitative estimate of drug-likeness (QED) is 0.431. The molecule has 0 atom stereocenters. The summed E-state index contributed by atoms with van der Waals surface area (Å²) in [4.78, 5) is 12.6.